The molecule has 0 spiro atoms. The van der Waals surface area contributed by atoms with Crippen LogP contribution >= 0.6 is 0 Å². The molecule has 0 aliphatic carbocycles. The minimum atomic E-state index is -0.0180. The first kappa shape index (κ1) is 19.1. The van der Waals surface area contributed by atoms with Crippen molar-refractivity contribution in [2.24, 2.45) is 0 Å². The number of hydrogen-bond donors (Lipinski definition) is 0. The fourth-order valence-electron chi connectivity index (χ4n) is 3.82. The summed E-state index contributed by atoms with van der Waals surface area (Å²) in [5, 5.41) is 0. The summed E-state index contributed by atoms with van der Waals surface area (Å²) in [6.07, 6.45) is 6.64. The van der Waals surface area contributed by atoms with E-state index in [1.165, 1.54) is 0 Å². The molecular formula is C22H25N5O2. The molecule has 7 heteroatoms. The van der Waals surface area contributed by atoms with Crippen molar-refractivity contribution in [2.75, 3.05) is 18.0 Å². The average Bonchev–Trinajstić information content (AvgIpc) is 3.25. The van der Waals surface area contributed by atoms with Crippen molar-refractivity contribution in [3.63, 3.8) is 0 Å². The Morgan fingerprint density at radius 1 is 1.17 bits per heavy atom. The van der Waals surface area contributed by atoms with Crippen LogP contribution < -0.4 is 4.90 Å². The number of aromatic nitrogens is 3. The number of carbonyl (C=O) groups is 1. The highest BCUT2D eigenvalue weighted by molar-refractivity contribution is 5.94. The summed E-state index contributed by atoms with van der Waals surface area (Å²) in [6, 6.07) is 9.45. The lowest BCUT2D eigenvalue weighted by atomic mass is 10.0. The molecule has 1 fully saturated rings. The summed E-state index contributed by atoms with van der Waals surface area (Å²) in [5.74, 6) is 1.54. The van der Waals surface area contributed by atoms with Gasteiger partial charge >= 0.3 is 0 Å². The molecule has 3 aromatic rings. The van der Waals surface area contributed by atoms with Gasteiger partial charge in [-0.1, -0.05) is 0 Å². The number of amides is 1. The average molecular weight is 391 g/mol. The number of furan rings is 1. The number of hydrogen-bond acceptors (Lipinski definition) is 6. The van der Waals surface area contributed by atoms with Gasteiger partial charge in [0.1, 0.15) is 5.76 Å². The van der Waals surface area contributed by atoms with E-state index in [-0.39, 0.29) is 11.9 Å². The summed E-state index contributed by atoms with van der Waals surface area (Å²) in [5.41, 5.74) is 2.54. The smallest absolute Gasteiger partial charge is 0.256 e. The van der Waals surface area contributed by atoms with Crippen molar-refractivity contribution in [1.82, 2.24) is 19.9 Å². The Morgan fingerprint density at radius 2 is 1.93 bits per heavy atom. The Labute approximate surface area is 170 Å². The molecule has 0 N–H and O–H groups in total. The van der Waals surface area contributed by atoms with Crippen molar-refractivity contribution in [2.45, 2.75) is 39.3 Å². The van der Waals surface area contributed by atoms with E-state index in [1.54, 1.807) is 24.7 Å². The molecule has 1 saturated heterocycles. The van der Waals surface area contributed by atoms with Crippen LogP contribution in [-0.4, -0.2) is 44.9 Å². The third-order valence-electron chi connectivity index (χ3n) is 5.23. The van der Waals surface area contributed by atoms with Gasteiger partial charge in [0.05, 0.1) is 18.4 Å². The maximum atomic E-state index is 13.2. The van der Waals surface area contributed by atoms with Gasteiger partial charge in [0, 0.05) is 42.9 Å². The van der Waals surface area contributed by atoms with E-state index >= 15 is 0 Å². The molecule has 1 aliphatic heterocycles. The number of piperidine rings is 1. The molecule has 7 nitrogen and oxygen atoms in total. The second-order valence-corrected chi connectivity index (χ2v) is 7.42. The van der Waals surface area contributed by atoms with Crippen LogP contribution in [0.15, 0.2) is 53.4 Å². The van der Waals surface area contributed by atoms with Crippen molar-refractivity contribution in [3.05, 3.63) is 71.7 Å². The molecule has 1 aliphatic rings. The zero-order valence-corrected chi connectivity index (χ0v) is 16.8. The number of anilines is 1. The predicted octanol–water partition coefficient (Wildman–Crippen LogP) is 3.39. The highest BCUT2D eigenvalue weighted by Crippen LogP contribution is 2.24. The van der Waals surface area contributed by atoms with Crippen LogP contribution in [0.2, 0.25) is 0 Å². The molecule has 0 saturated carbocycles. The van der Waals surface area contributed by atoms with Gasteiger partial charge in [-0.25, -0.2) is 9.97 Å². The van der Waals surface area contributed by atoms with Gasteiger partial charge in [-0.15, -0.1) is 0 Å². The van der Waals surface area contributed by atoms with Gasteiger partial charge in [-0.3, -0.25) is 9.78 Å². The summed E-state index contributed by atoms with van der Waals surface area (Å²) in [6.45, 7) is 6.04. The van der Waals surface area contributed by atoms with E-state index in [2.05, 4.69) is 19.9 Å². The Kier molecular flexibility index (Phi) is 5.55. The van der Waals surface area contributed by atoms with Crippen LogP contribution in [0.4, 0.5) is 5.95 Å². The van der Waals surface area contributed by atoms with Gasteiger partial charge in [0.25, 0.3) is 5.91 Å². The lowest BCUT2D eigenvalue weighted by Gasteiger charge is -2.38. The molecule has 3 aromatic heterocycles. The maximum Gasteiger partial charge on any atom is 0.256 e. The predicted molar refractivity (Wildman–Crippen MR) is 110 cm³/mol. The normalized spacial score (nSPS) is 14.8. The summed E-state index contributed by atoms with van der Waals surface area (Å²) in [4.78, 5) is 30.6. The standard InChI is InChI=1S/C22H25N5O2/c1-16-13-17(2)25-22(24-16)26-10-7-19(8-11-26)27(15-20-6-4-12-29-20)21(28)18-5-3-9-23-14-18/h3-6,9,12-14,19H,7-8,10-11,15H2,1-2H3. The van der Waals surface area contributed by atoms with Gasteiger partial charge in [0.15, 0.2) is 0 Å². The lowest BCUT2D eigenvalue weighted by Crippen LogP contribution is -2.47. The molecular weight excluding hydrogens is 366 g/mol. The SMILES string of the molecule is Cc1cc(C)nc(N2CCC(N(Cc3ccco3)C(=O)c3cccnc3)CC2)n1. The van der Waals surface area contributed by atoms with Crippen LogP contribution in [0, 0.1) is 13.8 Å². The fourth-order valence-corrected chi connectivity index (χ4v) is 3.82. The van der Waals surface area contributed by atoms with E-state index in [0.29, 0.717) is 12.1 Å². The number of aryl methyl sites for hydroxylation is 2. The van der Waals surface area contributed by atoms with E-state index in [1.807, 2.05) is 43.0 Å². The first-order valence-corrected chi connectivity index (χ1v) is 9.91. The lowest BCUT2D eigenvalue weighted by molar-refractivity contribution is 0.0613. The van der Waals surface area contributed by atoms with Gasteiger partial charge < -0.3 is 14.2 Å². The Bertz CT molecular complexity index is 930. The Hall–Kier alpha value is -3.22. The quantitative estimate of drug-likeness (QED) is 0.664. The molecule has 4 heterocycles. The fraction of sp³-hybridized carbons (Fsp3) is 0.364. The summed E-state index contributed by atoms with van der Waals surface area (Å²) in [7, 11) is 0. The minimum absolute atomic E-state index is 0.0180. The Morgan fingerprint density at radius 3 is 2.55 bits per heavy atom. The van der Waals surface area contributed by atoms with Crippen molar-refractivity contribution in [3.8, 4) is 0 Å². The first-order valence-electron chi connectivity index (χ1n) is 9.91. The van der Waals surface area contributed by atoms with Crippen molar-refractivity contribution in [1.29, 1.82) is 0 Å². The largest absolute Gasteiger partial charge is 0.467 e. The molecule has 29 heavy (non-hydrogen) atoms. The minimum Gasteiger partial charge on any atom is -0.467 e. The Balaban J connectivity index is 1.50. The second-order valence-electron chi connectivity index (χ2n) is 7.42. The van der Waals surface area contributed by atoms with Crippen molar-refractivity contribution < 1.29 is 9.21 Å². The first-order chi connectivity index (χ1) is 14.1. The number of carbonyl (C=O) groups excluding carboxylic acids is 1. The van der Waals surface area contributed by atoms with E-state index in [9.17, 15) is 4.79 Å². The van der Waals surface area contributed by atoms with E-state index in [0.717, 1.165) is 49.0 Å². The third-order valence-corrected chi connectivity index (χ3v) is 5.23. The molecule has 0 radical (unpaired) electrons. The van der Waals surface area contributed by atoms with E-state index < -0.39 is 0 Å². The van der Waals surface area contributed by atoms with Crippen LogP contribution in [0.3, 0.4) is 0 Å². The van der Waals surface area contributed by atoms with Crippen molar-refractivity contribution >= 4 is 11.9 Å². The number of pyridine rings is 1. The van der Waals surface area contributed by atoms with Gasteiger partial charge in [-0.2, -0.15) is 0 Å². The highest BCUT2D eigenvalue weighted by atomic mass is 16.3. The van der Waals surface area contributed by atoms with Crippen LogP contribution in [0.5, 0.6) is 0 Å². The van der Waals surface area contributed by atoms with Gasteiger partial charge in [-0.05, 0) is 57.0 Å². The number of nitrogens with zero attached hydrogens (tertiary/aromatic N) is 5. The maximum absolute atomic E-state index is 13.2. The summed E-state index contributed by atoms with van der Waals surface area (Å²) >= 11 is 0. The monoisotopic (exact) mass is 391 g/mol. The topological polar surface area (TPSA) is 75.4 Å². The molecule has 0 atom stereocenters. The second kappa shape index (κ2) is 8.43. The van der Waals surface area contributed by atoms with Gasteiger partial charge in [0.2, 0.25) is 5.95 Å². The third kappa shape index (κ3) is 4.45. The van der Waals surface area contributed by atoms with E-state index in [4.69, 9.17) is 4.42 Å². The molecule has 0 aromatic carbocycles. The zero-order valence-electron chi connectivity index (χ0n) is 16.8. The zero-order chi connectivity index (χ0) is 20.2. The molecule has 0 bridgehead atoms. The molecule has 1 amide bonds. The van der Waals surface area contributed by atoms with Crippen LogP contribution in [-0.2, 0) is 6.54 Å². The highest BCUT2D eigenvalue weighted by Gasteiger charge is 2.30. The molecule has 0 unspecified atom stereocenters. The molecule has 4 rings (SSSR count). The summed E-state index contributed by atoms with van der Waals surface area (Å²) < 4.78 is 5.52. The van der Waals surface area contributed by atoms with Crippen LogP contribution in [0.1, 0.15) is 40.3 Å². The number of rotatable bonds is 5. The molecule has 150 valence electrons. The van der Waals surface area contributed by atoms with Crippen LogP contribution in [0.25, 0.3) is 0 Å².